The molecule has 0 atom stereocenters. The number of sulfonamides is 1. The van der Waals surface area contributed by atoms with Crippen molar-refractivity contribution in [1.82, 2.24) is 4.31 Å². The molecule has 6 heteroatoms. The van der Waals surface area contributed by atoms with E-state index in [0.717, 1.165) is 0 Å². The zero-order valence-electron chi connectivity index (χ0n) is 12.0. The van der Waals surface area contributed by atoms with Crippen LogP contribution in [0.25, 0.3) is 0 Å². The predicted molar refractivity (Wildman–Crippen MR) is 79.0 cm³/mol. The van der Waals surface area contributed by atoms with Gasteiger partial charge in [-0.2, -0.15) is 0 Å². The van der Waals surface area contributed by atoms with E-state index in [0.29, 0.717) is 43.7 Å². The highest BCUT2D eigenvalue weighted by molar-refractivity contribution is 7.89. The van der Waals surface area contributed by atoms with Crippen molar-refractivity contribution in [2.24, 2.45) is 0 Å². The number of nitrogens with zero attached hydrogens (tertiary/aromatic N) is 1. The molecule has 1 aromatic carbocycles. The zero-order valence-corrected chi connectivity index (χ0v) is 12.9. The Kier molecular flexibility index (Phi) is 3.53. The summed E-state index contributed by atoms with van der Waals surface area (Å²) >= 11 is 0. The molecule has 0 amide bonds. The van der Waals surface area contributed by atoms with Gasteiger partial charge in [0.05, 0.1) is 17.7 Å². The molecule has 0 radical (unpaired) electrons. The van der Waals surface area contributed by atoms with Gasteiger partial charge in [-0.3, -0.25) is 4.79 Å². The van der Waals surface area contributed by atoms with Crippen LogP contribution in [-0.4, -0.2) is 42.9 Å². The minimum atomic E-state index is -3.16. The molecule has 21 heavy (non-hydrogen) atoms. The van der Waals surface area contributed by atoms with E-state index in [9.17, 15) is 13.2 Å². The molecule has 0 aliphatic carbocycles. The van der Waals surface area contributed by atoms with Crippen molar-refractivity contribution in [2.75, 3.05) is 18.8 Å². The maximum Gasteiger partial charge on any atom is 0.213 e. The monoisotopic (exact) mass is 309 g/mol. The number of benzene rings is 1. The summed E-state index contributed by atoms with van der Waals surface area (Å²) in [4.78, 5) is 12.3. The maximum atomic E-state index is 12.3. The van der Waals surface area contributed by atoms with Gasteiger partial charge in [0.15, 0.2) is 5.78 Å². The standard InChI is InChI=1S/C15H19NO4S/c1-2-21(18,19)16-9-7-15(8-10-16)11-13(17)12-5-3-4-6-14(12)20-15/h3-6H,2,7-11H2,1H3. The Morgan fingerprint density at radius 2 is 1.90 bits per heavy atom. The van der Waals surface area contributed by atoms with Crippen LogP contribution in [0.4, 0.5) is 0 Å². The summed E-state index contributed by atoms with van der Waals surface area (Å²) in [5.41, 5.74) is 0.0947. The van der Waals surface area contributed by atoms with Gasteiger partial charge in [0.25, 0.3) is 0 Å². The quantitative estimate of drug-likeness (QED) is 0.836. The minimum Gasteiger partial charge on any atom is -0.486 e. The van der Waals surface area contributed by atoms with Crippen molar-refractivity contribution in [3.05, 3.63) is 29.8 Å². The molecule has 1 aromatic rings. The van der Waals surface area contributed by atoms with Crippen molar-refractivity contribution < 1.29 is 17.9 Å². The molecule has 2 aliphatic heterocycles. The Balaban J connectivity index is 1.79. The van der Waals surface area contributed by atoms with Crippen LogP contribution in [0.15, 0.2) is 24.3 Å². The van der Waals surface area contributed by atoms with Crippen molar-refractivity contribution >= 4 is 15.8 Å². The molecule has 0 N–H and O–H groups in total. The van der Waals surface area contributed by atoms with Gasteiger partial charge < -0.3 is 4.74 Å². The lowest BCUT2D eigenvalue weighted by Gasteiger charge is -2.43. The first-order valence-electron chi connectivity index (χ1n) is 7.25. The number of ketones is 1. The third-order valence-corrected chi connectivity index (χ3v) is 6.27. The average molecular weight is 309 g/mol. The molecule has 0 bridgehead atoms. The number of Topliss-reactive ketones (excluding diaryl/α,β-unsaturated/α-hetero) is 1. The number of piperidine rings is 1. The van der Waals surface area contributed by atoms with Crippen LogP contribution in [0.3, 0.4) is 0 Å². The van der Waals surface area contributed by atoms with Gasteiger partial charge in [-0.1, -0.05) is 12.1 Å². The highest BCUT2D eigenvalue weighted by Crippen LogP contribution is 2.39. The number of hydrogen-bond acceptors (Lipinski definition) is 4. The van der Waals surface area contributed by atoms with E-state index in [1.165, 1.54) is 4.31 Å². The molecule has 5 nitrogen and oxygen atoms in total. The molecule has 0 saturated carbocycles. The molecule has 0 aromatic heterocycles. The van der Waals surface area contributed by atoms with Gasteiger partial charge in [0.2, 0.25) is 10.0 Å². The van der Waals surface area contributed by atoms with E-state index in [1.807, 2.05) is 18.2 Å². The Morgan fingerprint density at radius 1 is 1.24 bits per heavy atom. The van der Waals surface area contributed by atoms with Gasteiger partial charge >= 0.3 is 0 Å². The van der Waals surface area contributed by atoms with Gasteiger partial charge in [-0.05, 0) is 19.1 Å². The lowest BCUT2D eigenvalue weighted by atomic mass is 9.83. The van der Waals surface area contributed by atoms with E-state index in [4.69, 9.17) is 4.74 Å². The second-order valence-corrected chi connectivity index (χ2v) is 7.94. The van der Waals surface area contributed by atoms with E-state index < -0.39 is 15.6 Å². The first-order valence-corrected chi connectivity index (χ1v) is 8.86. The summed E-state index contributed by atoms with van der Waals surface area (Å²) in [6, 6.07) is 7.26. The van der Waals surface area contributed by atoms with Crippen molar-refractivity contribution in [1.29, 1.82) is 0 Å². The largest absolute Gasteiger partial charge is 0.486 e. The lowest BCUT2D eigenvalue weighted by Crippen LogP contribution is -2.52. The zero-order chi connectivity index (χ0) is 15.1. The first kappa shape index (κ1) is 14.5. The Hall–Kier alpha value is -1.40. The molecule has 0 unspecified atom stereocenters. The van der Waals surface area contributed by atoms with Crippen LogP contribution in [0, 0.1) is 0 Å². The van der Waals surface area contributed by atoms with Gasteiger partial charge in [0.1, 0.15) is 11.4 Å². The normalized spacial score (nSPS) is 21.9. The summed E-state index contributed by atoms with van der Waals surface area (Å²) in [6.45, 7) is 2.49. The lowest BCUT2D eigenvalue weighted by molar-refractivity contribution is 0.00594. The fourth-order valence-corrected chi connectivity index (χ4v) is 4.18. The maximum absolute atomic E-state index is 12.3. The smallest absolute Gasteiger partial charge is 0.213 e. The third kappa shape index (κ3) is 2.58. The van der Waals surface area contributed by atoms with Crippen LogP contribution in [-0.2, 0) is 10.0 Å². The first-order chi connectivity index (χ1) is 9.96. The van der Waals surface area contributed by atoms with Crippen molar-refractivity contribution in [3.8, 4) is 5.75 Å². The molecule has 1 saturated heterocycles. The van der Waals surface area contributed by atoms with Crippen LogP contribution in [0.2, 0.25) is 0 Å². The minimum absolute atomic E-state index is 0.0867. The number of fused-ring (bicyclic) bond motifs is 1. The Morgan fingerprint density at radius 3 is 2.57 bits per heavy atom. The second-order valence-electron chi connectivity index (χ2n) is 5.68. The Bertz CT molecular complexity index is 660. The van der Waals surface area contributed by atoms with Crippen LogP contribution in [0.1, 0.15) is 36.5 Å². The summed E-state index contributed by atoms with van der Waals surface area (Å²) in [6.07, 6.45) is 1.46. The third-order valence-electron chi connectivity index (χ3n) is 4.39. The van der Waals surface area contributed by atoms with Crippen molar-refractivity contribution in [2.45, 2.75) is 31.8 Å². The molecule has 3 rings (SSSR count). The van der Waals surface area contributed by atoms with E-state index in [1.54, 1.807) is 13.0 Å². The molecule has 2 heterocycles. The van der Waals surface area contributed by atoms with Crippen molar-refractivity contribution in [3.63, 3.8) is 0 Å². The van der Waals surface area contributed by atoms with Crippen LogP contribution < -0.4 is 4.74 Å². The second kappa shape index (κ2) is 5.10. The van der Waals surface area contributed by atoms with Gasteiger partial charge in [-0.15, -0.1) is 0 Å². The molecule has 1 fully saturated rings. The van der Waals surface area contributed by atoms with Crippen LogP contribution in [0.5, 0.6) is 5.75 Å². The Labute approximate surface area is 124 Å². The summed E-state index contributed by atoms with van der Waals surface area (Å²) in [5, 5.41) is 0. The SMILES string of the molecule is CCS(=O)(=O)N1CCC2(CC1)CC(=O)c1ccccc1O2. The van der Waals surface area contributed by atoms with E-state index in [-0.39, 0.29) is 11.5 Å². The molecule has 2 aliphatic rings. The molecular formula is C15H19NO4S. The number of hydrogen-bond donors (Lipinski definition) is 0. The fraction of sp³-hybridized carbons (Fsp3) is 0.533. The van der Waals surface area contributed by atoms with E-state index in [2.05, 4.69) is 0 Å². The van der Waals surface area contributed by atoms with Crippen LogP contribution >= 0.6 is 0 Å². The number of rotatable bonds is 2. The molecule has 114 valence electrons. The molecule has 1 spiro atoms. The highest BCUT2D eigenvalue weighted by atomic mass is 32.2. The predicted octanol–water partition coefficient (Wildman–Crippen LogP) is 1.84. The summed E-state index contributed by atoms with van der Waals surface area (Å²) < 4.78 is 31.4. The number of carbonyl (C=O) groups is 1. The fourth-order valence-electron chi connectivity index (χ4n) is 3.08. The number of carbonyl (C=O) groups excluding carboxylic acids is 1. The molecular weight excluding hydrogens is 290 g/mol. The topological polar surface area (TPSA) is 63.7 Å². The summed E-state index contributed by atoms with van der Waals surface area (Å²) in [5.74, 6) is 0.826. The average Bonchev–Trinajstić information content (AvgIpc) is 2.48. The highest BCUT2D eigenvalue weighted by Gasteiger charge is 2.44. The van der Waals surface area contributed by atoms with Gasteiger partial charge in [0, 0.05) is 25.9 Å². The van der Waals surface area contributed by atoms with Gasteiger partial charge in [-0.25, -0.2) is 12.7 Å². The van der Waals surface area contributed by atoms with E-state index >= 15 is 0 Å². The number of ether oxygens (including phenoxy) is 1. The summed E-state index contributed by atoms with van der Waals surface area (Å²) in [7, 11) is -3.16. The number of para-hydroxylation sites is 1.